The molecule has 0 radical (unpaired) electrons. The first-order chi connectivity index (χ1) is 10.7. The second kappa shape index (κ2) is 8.07. The molecular formula is C20H30N2. The van der Waals surface area contributed by atoms with Crippen LogP contribution in [0.25, 0.3) is 0 Å². The highest BCUT2D eigenvalue weighted by atomic mass is 14.7. The summed E-state index contributed by atoms with van der Waals surface area (Å²) in [5.74, 6) is 0. The number of allylic oxidation sites excluding steroid dienone is 4. The van der Waals surface area contributed by atoms with Gasteiger partial charge in [0.15, 0.2) is 0 Å². The van der Waals surface area contributed by atoms with E-state index in [4.69, 9.17) is 11.5 Å². The van der Waals surface area contributed by atoms with Crippen LogP contribution in [0.15, 0.2) is 53.9 Å². The summed E-state index contributed by atoms with van der Waals surface area (Å²) in [6.45, 7) is 2.26. The van der Waals surface area contributed by atoms with Crippen molar-refractivity contribution in [3.05, 3.63) is 59.4 Å². The molecule has 0 heterocycles. The Balaban J connectivity index is 2.07. The molecule has 0 fully saturated rings. The Bertz CT molecular complexity index is 516. The molecule has 22 heavy (non-hydrogen) atoms. The fourth-order valence-corrected chi connectivity index (χ4v) is 3.48. The summed E-state index contributed by atoms with van der Waals surface area (Å²) >= 11 is 0. The zero-order valence-electron chi connectivity index (χ0n) is 13.9. The molecule has 0 spiro atoms. The van der Waals surface area contributed by atoms with E-state index < -0.39 is 0 Å². The second-order valence-electron chi connectivity index (χ2n) is 6.51. The highest BCUT2D eigenvalue weighted by Crippen LogP contribution is 2.42. The van der Waals surface area contributed by atoms with Gasteiger partial charge in [0.2, 0.25) is 0 Å². The van der Waals surface area contributed by atoms with Crippen molar-refractivity contribution >= 4 is 0 Å². The lowest BCUT2D eigenvalue weighted by Crippen LogP contribution is -2.36. The predicted molar refractivity (Wildman–Crippen MR) is 95.3 cm³/mol. The monoisotopic (exact) mass is 298 g/mol. The molecule has 1 unspecified atom stereocenters. The van der Waals surface area contributed by atoms with Gasteiger partial charge in [-0.1, -0.05) is 75.8 Å². The fraction of sp³-hybridized carbons (Fsp3) is 0.500. The Labute approximate surface area is 135 Å². The average Bonchev–Trinajstić information content (AvgIpc) is 2.55. The smallest absolute Gasteiger partial charge is 0.0402 e. The largest absolute Gasteiger partial charge is 0.402 e. The molecule has 0 bridgehead atoms. The van der Waals surface area contributed by atoms with Crippen molar-refractivity contribution < 1.29 is 0 Å². The highest BCUT2D eigenvalue weighted by molar-refractivity contribution is 5.41. The van der Waals surface area contributed by atoms with E-state index in [2.05, 4.69) is 37.3 Å². The zero-order chi connectivity index (χ0) is 15.8. The Kier molecular flexibility index (Phi) is 6.11. The predicted octanol–water partition coefficient (Wildman–Crippen LogP) is 4.76. The Morgan fingerprint density at radius 1 is 0.909 bits per heavy atom. The van der Waals surface area contributed by atoms with Crippen LogP contribution < -0.4 is 11.5 Å². The van der Waals surface area contributed by atoms with Gasteiger partial charge in [0.25, 0.3) is 0 Å². The molecule has 1 atom stereocenters. The molecule has 0 amide bonds. The molecule has 2 nitrogen and oxygen atoms in total. The van der Waals surface area contributed by atoms with Gasteiger partial charge in [-0.3, -0.25) is 0 Å². The molecule has 0 saturated heterocycles. The third kappa shape index (κ3) is 3.94. The van der Waals surface area contributed by atoms with Gasteiger partial charge in [-0.15, -0.1) is 0 Å². The summed E-state index contributed by atoms with van der Waals surface area (Å²) in [5, 5.41) is 0. The Hall–Kier alpha value is -1.70. The van der Waals surface area contributed by atoms with E-state index in [0.29, 0.717) is 0 Å². The van der Waals surface area contributed by atoms with Gasteiger partial charge in [0.1, 0.15) is 0 Å². The number of benzene rings is 1. The van der Waals surface area contributed by atoms with E-state index in [1.807, 2.05) is 12.2 Å². The first kappa shape index (κ1) is 16.7. The number of hydrogen-bond acceptors (Lipinski definition) is 2. The van der Waals surface area contributed by atoms with E-state index in [-0.39, 0.29) is 5.41 Å². The summed E-state index contributed by atoms with van der Waals surface area (Å²) in [7, 11) is 0. The van der Waals surface area contributed by atoms with Crippen molar-refractivity contribution in [3.8, 4) is 0 Å². The lowest BCUT2D eigenvalue weighted by molar-refractivity contribution is 0.417. The molecule has 1 aromatic rings. The summed E-state index contributed by atoms with van der Waals surface area (Å²) in [6.07, 6.45) is 13.7. The van der Waals surface area contributed by atoms with Crippen molar-refractivity contribution in [2.45, 2.75) is 63.7 Å². The molecule has 0 aliphatic heterocycles. The molecule has 2 heteroatoms. The van der Waals surface area contributed by atoms with E-state index in [1.54, 1.807) is 0 Å². The molecule has 1 aliphatic carbocycles. The van der Waals surface area contributed by atoms with Gasteiger partial charge in [0.05, 0.1) is 0 Å². The maximum absolute atomic E-state index is 6.43. The van der Waals surface area contributed by atoms with Crippen molar-refractivity contribution in [1.82, 2.24) is 0 Å². The Morgan fingerprint density at radius 2 is 1.59 bits per heavy atom. The molecule has 0 aromatic heterocycles. The summed E-state index contributed by atoms with van der Waals surface area (Å²) in [4.78, 5) is 0. The normalized spacial score (nSPS) is 21.3. The number of rotatable bonds is 8. The quantitative estimate of drug-likeness (QED) is 0.680. The zero-order valence-corrected chi connectivity index (χ0v) is 13.9. The standard InChI is InChI=1S/C20H30N2/c1-2-3-4-5-6-10-15-20(17-11-8-7-9-12-17)16-18(21)13-14-19(20)22/h7-9,11-14H,2-6,10,15-16,21-22H2,1H3. The second-order valence-corrected chi connectivity index (χ2v) is 6.51. The third-order valence-corrected chi connectivity index (χ3v) is 4.82. The first-order valence-corrected chi connectivity index (χ1v) is 8.67. The number of unbranched alkanes of at least 4 members (excludes halogenated alkanes) is 5. The molecule has 4 N–H and O–H groups in total. The van der Waals surface area contributed by atoms with E-state index >= 15 is 0 Å². The Morgan fingerprint density at radius 3 is 2.32 bits per heavy atom. The fourth-order valence-electron chi connectivity index (χ4n) is 3.48. The van der Waals surface area contributed by atoms with Crippen LogP contribution in [0, 0.1) is 0 Å². The van der Waals surface area contributed by atoms with Crippen LogP contribution in [0.1, 0.15) is 63.9 Å². The van der Waals surface area contributed by atoms with Gasteiger partial charge in [0, 0.05) is 23.2 Å². The lowest BCUT2D eigenvalue weighted by Gasteiger charge is -2.37. The molecular weight excluding hydrogens is 268 g/mol. The third-order valence-electron chi connectivity index (χ3n) is 4.82. The molecule has 2 rings (SSSR count). The van der Waals surface area contributed by atoms with Gasteiger partial charge in [-0.2, -0.15) is 0 Å². The first-order valence-electron chi connectivity index (χ1n) is 8.67. The SMILES string of the molecule is CCCCCCCCC1(c2ccccc2)CC(N)=CC=C1N. The van der Waals surface area contributed by atoms with Crippen LogP contribution in [0.5, 0.6) is 0 Å². The van der Waals surface area contributed by atoms with E-state index in [9.17, 15) is 0 Å². The average molecular weight is 298 g/mol. The minimum Gasteiger partial charge on any atom is -0.402 e. The van der Waals surface area contributed by atoms with Crippen molar-refractivity contribution in [2.75, 3.05) is 0 Å². The van der Waals surface area contributed by atoms with Gasteiger partial charge in [-0.25, -0.2) is 0 Å². The molecule has 0 saturated carbocycles. The summed E-state index contributed by atoms with van der Waals surface area (Å²) in [6, 6.07) is 10.6. The van der Waals surface area contributed by atoms with Crippen molar-refractivity contribution in [1.29, 1.82) is 0 Å². The van der Waals surface area contributed by atoms with Crippen LogP contribution >= 0.6 is 0 Å². The van der Waals surface area contributed by atoms with Gasteiger partial charge < -0.3 is 11.5 Å². The van der Waals surface area contributed by atoms with E-state index in [0.717, 1.165) is 24.2 Å². The van der Waals surface area contributed by atoms with Crippen LogP contribution in [0.3, 0.4) is 0 Å². The lowest BCUT2D eigenvalue weighted by atomic mass is 9.69. The highest BCUT2D eigenvalue weighted by Gasteiger charge is 2.36. The maximum atomic E-state index is 6.43. The van der Waals surface area contributed by atoms with Crippen molar-refractivity contribution in [2.24, 2.45) is 11.5 Å². The van der Waals surface area contributed by atoms with Crippen molar-refractivity contribution in [3.63, 3.8) is 0 Å². The number of nitrogens with two attached hydrogens (primary N) is 2. The van der Waals surface area contributed by atoms with Crippen LogP contribution in [0.2, 0.25) is 0 Å². The van der Waals surface area contributed by atoms with E-state index in [1.165, 1.54) is 44.1 Å². The number of hydrogen-bond donors (Lipinski definition) is 2. The van der Waals surface area contributed by atoms with Crippen LogP contribution in [-0.4, -0.2) is 0 Å². The molecule has 1 aliphatic rings. The van der Waals surface area contributed by atoms with Crippen LogP contribution in [-0.2, 0) is 5.41 Å². The maximum Gasteiger partial charge on any atom is 0.0402 e. The minimum atomic E-state index is -0.106. The minimum absolute atomic E-state index is 0.106. The summed E-state index contributed by atoms with van der Waals surface area (Å²) < 4.78 is 0. The summed E-state index contributed by atoms with van der Waals surface area (Å²) in [5.41, 5.74) is 15.7. The molecule has 120 valence electrons. The van der Waals surface area contributed by atoms with Crippen LogP contribution in [0.4, 0.5) is 0 Å². The molecule has 1 aromatic carbocycles. The topological polar surface area (TPSA) is 52.0 Å². The van der Waals surface area contributed by atoms with Gasteiger partial charge >= 0.3 is 0 Å². The van der Waals surface area contributed by atoms with Gasteiger partial charge in [-0.05, 0) is 24.1 Å².